The predicted octanol–water partition coefficient (Wildman–Crippen LogP) is 6.53. The van der Waals surface area contributed by atoms with Gasteiger partial charge in [0.1, 0.15) is 0 Å². The van der Waals surface area contributed by atoms with Gasteiger partial charge >= 0.3 is 7.60 Å². The molecule has 7 atom stereocenters. The van der Waals surface area contributed by atoms with Crippen LogP contribution in [0.4, 0.5) is 0 Å². The summed E-state index contributed by atoms with van der Waals surface area (Å²) in [7, 11) is -3.18. The van der Waals surface area contributed by atoms with E-state index in [0.717, 1.165) is 12.8 Å². The minimum Gasteiger partial charge on any atom is -0.372 e. The number of epoxide rings is 1. The van der Waals surface area contributed by atoms with E-state index in [2.05, 4.69) is 41.5 Å². The molecule has 0 N–H and O–H groups in total. The quantitative estimate of drug-likeness (QED) is 0.334. The lowest BCUT2D eigenvalue weighted by Crippen LogP contribution is -2.37. The Morgan fingerprint density at radius 2 is 1.29 bits per heavy atom. The first-order valence-electron chi connectivity index (χ1n) is 11.7. The standard InChI is InChI=1S/C23H43O4P/c1-15(2)20-9-7-17(5)11-22(20)26-28(24,14-19-13-25-19)27-23-12-18(6)8-10-21(23)16(3)4/h15-23H,7-14H2,1-6H3/t17-,18-,19+,20-,21-,22-,23-/m1/s1. The van der Waals surface area contributed by atoms with Gasteiger partial charge in [-0.1, -0.05) is 54.4 Å². The molecule has 164 valence electrons. The van der Waals surface area contributed by atoms with Gasteiger partial charge in [0.2, 0.25) is 0 Å². The normalized spacial score (nSPS) is 39.5. The molecule has 0 aromatic rings. The highest BCUT2D eigenvalue weighted by atomic mass is 31.2. The molecule has 0 aromatic heterocycles. The van der Waals surface area contributed by atoms with Crippen molar-refractivity contribution in [3.05, 3.63) is 0 Å². The van der Waals surface area contributed by atoms with Crippen LogP contribution >= 0.6 is 7.60 Å². The van der Waals surface area contributed by atoms with Gasteiger partial charge in [-0.3, -0.25) is 4.57 Å². The maximum Gasteiger partial charge on any atom is 0.333 e. The molecule has 0 amide bonds. The fraction of sp³-hybridized carbons (Fsp3) is 1.00. The second kappa shape index (κ2) is 9.50. The Balaban J connectivity index is 1.76. The first kappa shape index (κ1) is 22.8. The molecule has 0 radical (unpaired) electrons. The zero-order chi connectivity index (χ0) is 20.5. The molecular formula is C23H43O4P. The van der Waals surface area contributed by atoms with Crippen LogP contribution in [0.25, 0.3) is 0 Å². The van der Waals surface area contributed by atoms with Crippen LogP contribution in [0, 0.1) is 35.5 Å². The third-order valence-corrected chi connectivity index (χ3v) is 9.38. The summed E-state index contributed by atoms with van der Waals surface area (Å²) in [6.45, 7) is 14.4. The summed E-state index contributed by atoms with van der Waals surface area (Å²) in [4.78, 5) is 0. The summed E-state index contributed by atoms with van der Waals surface area (Å²) in [5.74, 6) is 3.29. The highest BCUT2D eigenvalue weighted by molar-refractivity contribution is 7.54. The van der Waals surface area contributed by atoms with Crippen LogP contribution in [0.15, 0.2) is 0 Å². The number of ether oxygens (including phenoxy) is 1. The fourth-order valence-corrected chi connectivity index (χ4v) is 7.66. The topological polar surface area (TPSA) is 48.1 Å². The summed E-state index contributed by atoms with van der Waals surface area (Å²) in [6, 6.07) is 0. The molecule has 3 fully saturated rings. The molecule has 1 aliphatic heterocycles. The van der Waals surface area contributed by atoms with E-state index in [1.165, 1.54) is 25.7 Å². The molecule has 3 rings (SSSR count). The van der Waals surface area contributed by atoms with Crippen molar-refractivity contribution in [2.45, 2.75) is 98.4 Å². The van der Waals surface area contributed by atoms with Crippen molar-refractivity contribution in [2.24, 2.45) is 35.5 Å². The lowest BCUT2D eigenvalue weighted by atomic mass is 9.75. The number of rotatable bonds is 8. The van der Waals surface area contributed by atoms with Crippen LogP contribution in [-0.4, -0.2) is 31.1 Å². The van der Waals surface area contributed by atoms with Crippen molar-refractivity contribution >= 4 is 7.60 Å². The highest BCUT2D eigenvalue weighted by Crippen LogP contribution is 2.57. The molecule has 1 saturated heterocycles. The summed E-state index contributed by atoms with van der Waals surface area (Å²) in [5, 5.41) is 0. The summed E-state index contributed by atoms with van der Waals surface area (Å²) in [6.07, 6.45) is 7.40. The Kier molecular flexibility index (Phi) is 7.73. The van der Waals surface area contributed by atoms with Gasteiger partial charge in [0.15, 0.2) is 0 Å². The molecule has 0 bridgehead atoms. The van der Waals surface area contributed by atoms with E-state index in [0.29, 0.717) is 48.3 Å². The SMILES string of the molecule is CC(C)[C@H]1CC[C@@H](C)C[C@H]1OP(=O)(C[C@@H]1CO1)O[C@@H]1C[C@H](C)CC[C@@H]1C(C)C. The second-order valence-electron chi connectivity index (χ2n) is 10.7. The van der Waals surface area contributed by atoms with Crippen LogP contribution in [0.1, 0.15) is 80.1 Å². The van der Waals surface area contributed by atoms with Gasteiger partial charge in [0, 0.05) is 0 Å². The third kappa shape index (κ3) is 6.06. The molecule has 0 spiro atoms. The van der Waals surface area contributed by atoms with Crippen LogP contribution in [0.2, 0.25) is 0 Å². The monoisotopic (exact) mass is 414 g/mol. The Bertz CT molecular complexity index is 507. The predicted molar refractivity (Wildman–Crippen MR) is 115 cm³/mol. The fourth-order valence-electron chi connectivity index (χ4n) is 5.42. The zero-order valence-electron chi connectivity index (χ0n) is 18.9. The van der Waals surface area contributed by atoms with Gasteiger partial charge in [-0.25, -0.2) is 0 Å². The van der Waals surface area contributed by atoms with Crippen molar-refractivity contribution in [1.82, 2.24) is 0 Å². The smallest absolute Gasteiger partial charge is 0.333 e. The largest absolute Gasteiger partial charge is 0.372 e. The Morgan fingerprint density at radius 3 is 1.64 bits per heavy atom. The van der Waals surface area contributed by atoms with Gasteiger partial charge in [-0.2, -0.15) is 0 Å². The molecule has 0 aromatic carbocycles. The Labute approximate surface area is 173 Å². The lowest BCUT2D eigenvalue weighted by molar-refractivity contribution is -0.00372. The lowest BCUT2D eigenvalue weighted by Gasteiger charge is -2.41. The van der Waals surface area contributed by atoms with E-state index in [9.17, 15) is 4.57 Å². The summed E-state index contributed by atoms with van der Waals surface area (Å²) < 4.78 is 32.5. The minimum absolute atomic E-state index is 0.0480. The minimum atomic E-state index is -3.18. The van der Waals surface area contributed by atoms with E-state index >= 15 is 0 Å². The molecule has 28 heavy (non-hydrogen) atoms. The third-order valence-electron chi connectivity index (χ3n) is 7.34. The molecule has 3 aliphatic rings. The van der Waals surface area contributed by atoms with Gasteiger partial charge in [0.25, 0.3) is 0 Å². The van der Waals surface area contributed by atoms with Crippen molar-refractivity contribution in [1.29, 1.82) is 0 Å². The van der Waals surface area contributed by atoms with Crippen LogP contribution in [0.3, 0.4) is 0 Å². The van der Waals surface area contributed by atoms with Crippen molar-refractivity contribution < 1.29 is 18.3 Å². The molecule has 2 saturated carbocycles. The summed E-state index contributed by atoms with van der Waals surface area (Å²) in [5.41, 5.74) is 0. The van der Waals surface area contributed by atoms with Gasteiger partial charge in [-0.05, 0) is 61.2 Å². The van der Waals surface area contributed by atoms with Gasteiger partial charge in [-0.15, -0.1) is 0 Å². The van der Waals surface area contributed by atoms with Gasteiger partial charge in [0.05, 0.1) is 31.1 Å². The first-order chi connectivity index (χ1) is 13.2. The van der Waals surface area contributed by atoms with E-state index in [1.807, 2.05) is 0 Å². The number of hydrogen-bond acceptors (Lipinski definition) is 4. The van der Waals surface area contributed by atoms with Crippen LogP contribution in [-0.2, 0) is 18.3 Å². The average molecular weight is 415 g/mol. The molecule has 4 nitrogen and oxygen atoms in total. The van der Waals surface area contributed by atoms with Crippen LogP contribution in [0.5, 0.6) is 0 Å². The van der Waals surface area contributed by atoms with E-state index < -0.39 is 7.60 Å². The summed E-state index contributed by atoms with van der Waals surface area (Å²) >= 11 is 0. The molecule has 5 heteroatoms. The van der Waals surface area contributed by atoms with E-state index in [1.54, 1.807) is 0 Å². The van der Waals surface area contributed by atoms with Gasteiger partial charge < -0.3 is 13.8 Å². The molecular weight excluding hydrogens is 371 g/mol. The average Bonchev–Trinajstić information content (AvgIpc) is 3.37. The Morgan fingerprint density at radius 1 is 0.857 bits per heavy atom. The van der Waals surface area contributed by atoms with E-state index in [-0.39, 0.29) is 18.3 Å². The first-order valence-corrected chi connectivity index (χ1v) is 13.5. The molecule has 2 aliphatic carbocycles. The maximum absolute atomic E-state index is 14.0. The molecule has 0 unspecified atom stereocenters. The number of hydrogen-bond donors (Lipinski definition) is 0. The van der Waals surface area contributed by atoms with Crippen molar-refractivity contribution in [3.63, 3.8) is 0 Å². The van der Waals surface area contributed by atoms with E-state index in [4.69, 9.17) is 13.8 Å². The zero-order valence-corrected chi connectivity index (χ0v) is 19.8. The Hall–Kier alpha value is 0.110. The molecule has 1 heterocycles. The van der Waals surface area contributed by atoms with Crippen molar-refractivity contribution in [2.75, 3.05) is 12.8 Å². The highest BCUT2D eigenvalue weighted by Gasteiger charge is 2.45. The van der Waals surface area contributed by atoms with Crippen molar-refractivity contribution in [3.8, 4) is 0 Å². The van der Waals surface area contributed by atoms with Crippen LogP contribution < -0.4 is 0 Å². The maximum atomic E-state index is 14.0. The second-order valence-corrected chi connectivity index (χ2v) is 12.7.